The number of piperidine rings is 1. The number of likely N-dealkylation sites (tertiary alicyclic amines) is 1. The van der Waals surface area contributed by atoms with Crippen molar-refractivity contribution in [1.82, 2.24) is 9.88 Å². The van der Waals surface area contributed by atoms with E-state index in [-0.39, 0.29) is 11.9 Å². The number of carbonyl (C=O) groups is 1. The van der Waals surface area contributed by atoms with E-state index in [0.29, 0.717) is 6.54 Å². The first-order valence-electron chi connectivity index (χ1n) is 4.69. The lowest BCUT2D eigenvalue weighted by atomic mass is 10.1. The average molecular weight is 195 g/mol. The van der Waals surface area contributed by atoms with Crippen LogP contribution >= 0.6 is 0 Å². The highest BCUT2D eigenvalue weighted by Crippen LogP contribution is 2.12. The molecule has 2 N–H and O–H groups in total. The lowest BCUT2D eigenvalue weighted by Crippen LogP contribution is -2.47. The molecule has 5 nitrogen and oxygen atoms in total. The Morgan fingerprint density at radius 2 is 2.57 bits per heavy atom. The Morgan fingerprint density at radius 1 is 1.71 bits per heavy atom. The average Bonchev–Trinajstić information content (AvgIpc) is 2.66. The predicted molar refractivity (Wildman–Crippen MR) is 49.1 cm³/mol. The van der Waals surface area contributed by atoms with Crippen LogP contribution in [0.4, 0.5) is 0 Å². The number of hydrogen-bond acceptors (Lipinski definition) is 4. The van der Waals surface area contributed by atoms with E-state index in [4.69, 9.17) is 10.2 Å². The highest BCUT2D eigenvalue weighted by Gasteiger charge is 2.25. The minimum atomic E-state index is -0.337. The second-order valence-corrected chi connectivity index (χ2v) is 3.49. The van der Waals surface area contributed by atoms with Crippen molar-refractivity contribution >= 4 is 5.91 Å². The number of hydrogen-bond donors (Lipinski definition) is 1. The van der Waals surface area contributed by atoms with Gasteiger partial charge in [0, 0.05) is 6.54 Å². The van der Waals surface area contributed by atoms with Crippen molar-refractivity contribution in [3.63, 3.8) is 0 Å². The fraction of sp³-hybridized carbons (Fsp3) is 0.556. The molecule has 1 unspecified atom stereocenters. The SMILES string of the molecule is NC1CCCN(Cc2cocn2)C1=O. The summed E-state index contributed by atoms with van der Waals surface area (Å²) in [5, 5.41) is 0. The number of rotatable bonds is 2. The molecule has 0 saturated carbocycles. The number of oxazole rings is 1. The summed E-state index contributed by atoms with van der Waals surface area (Å²) in [6.07, 6.45) is 4.66. The Kier molecular flexibility index (Phi) is 2.49. The van der Waals surface area contributed by atoms with Crippen LogP contribution in [0.2, 0.25) is 0 Å². The monoisotopic (exact) mass is 195 g/mol. The third-order valence-electron chi connectivity index (χ3n) is 2.41. The summed E-state index contributed by atoms with van der Waals surface area (Å²) in [6, 6.07) is -0.337. The largest absolute Gasteiger partial charge is 0.451 e. The van der Waals surface area contributed by atoms with Crippen LogP contribution in [-0.2, 0) is 11.3 Å². The van der Waals surface area contributed by atoms with E-state index in [0.717, 1.165) is 25.1 Å². The molecular weight excluding hydrogens is 182 g/mol. The van der Waals surface area contributed by atoms with E-state index in [1.165, 1.54) is 6.39 Å². The summed E-state index contributed by atoms with van der Waals surface area (Å²) in [5.41, 5.74) is 6.43. The number of aromatic nitrogens is 1. The van der Waals surface area contributed by atoms with E-state index in [2.05, 4.69) is 4.98 Å². The van der Waals surface area contributed by atoms with Gasteiger partial charge in [-0.15, -0.1) is 0 Å². The van der Waals surface area contributed by atoms with E-state index in [9.17, 15) is 4.79 Å². The van der Waals surface area contributed by atoms with E-state index in [1.807, 2.05) is 0 Å². The Morgan fingerprint density at radius 3 is 3.29 bits per heavy atom. The fourth-order valence-electron chi connectivity index (χ4n) is 1.64. The molecule has 0 bridgehead atoms. The van der Waals surface area contributed by atoms with Crippen molar-refractivity contribution in [3.05, 3.63) is 18.4 Å². The first kappa shape index (κ1) is 9.21. The molecule has 0 aromatic carbocycles. The molecule has 0 radical (unpaired) electrons. The zero-order valence-electron chi connectivity index (χ0n) is 7.85. The Labute approximate surface area is 81.9 Å². The number of amides is 1. The lowest BCUT2D eigenvalue weighted by molar-refractivity contribution is -0.135. The van der Waals surface area contributed by atoms with Crippen molar-refractivity contribution in [2.24, 2.45) is 5.73 Å². The van der Waals surface area contributed by atoms with Gasteiger partial charge in [0.25, 0.3) is 0 Å². The van der Waals surface area contributed by atoms with Gasteiger partial charge in [-0.2, -0.15) is 0 Å². The molecule has 0 aliphatic carbocycles. The summed E-state index contributed by atoms with van der Waals surface area (Å²) >= 11 is 0. The van der Waals surface area contributed by atoms with E-state index in [1.54, 1.807) is 11.2 Å². The Bertz CT molecular complexity index is 310. The molecule has 14 heavy (non-hydrogen) atoms. The maximum Gasteiger partial charge on any atom is 0.239 e. The molecule has 1 atom stereocenters. The molecule has 1 fully saturated rings. The molecule has 2 rings (SSSR count). The van der Waals surface area contributed by atoms with Gasteiger partial charge in [-0.25, -0.2) is 4.98 Å². The van der Waals surface area contributed by atoms with Crippen molar-refractivity contribution in [1.29, 1.82) is 0 Å². The van der Waals surface area contributed by atoms with Gasteiger partial charge in [0.15, 0.2) is 6.39 Å². The predicted octanol–water partition coefficient (Wildman–Crippen LogP) is 0.124. The van der Waals surface area contributed by atoms with Crippen LogP contribution in [0, 0.1) is 0 Å². The van der Waals surface area contributed by atoms with Crippen molar-refractivity contribution in [2.75, 3.05) is 6.54 Å². The Hall–Kier alpha value is -1.36. The van der Waals surface area contributed by atoms with Crippen LogP contribution in [0.1, 0.15) is 18.5 Å². The zero-order valence-corrected chi connectivity index (χ0v) is 7.85. The van der Waals surface area contributed by atoms with Gasteiger partial charge in [-0.05, 0) is 12.8 Å². The van der Waals surface area contributed by atoms with Crippen molar-refractivity contribution in [2.45, 2.75) is 25.4 Å². The molecule has 1 aliphatic rings. The highest BCUT2D eigenvalue weighted by atomic mass is 16.3. The topological polar surface area (TPSA) is 72.4 Å². The van der Waals surface area contributed by atoms with Crippen molar-refractivity contribution < 1.29 is 9.21 Å². The van der Waals surface area contributed by atoms with Gasteiger partial charge >= 0.3 is 0 Å². The molecule has 1 aliphatic heterocycles. The van der Waals surface area contributed by atoms with E-state index >= 15 is 0 Å². The van der Waals surface area contributed by atoms with Crippen LogP contribution in [0.15, 0.2) is 17.1 Å². The van der Waals surface area contributed by atoms with Crippen LogP contribution < -0.4 is 5.73 Å². The maximum absolute atomic E-state index is 11.6. The fourth-order valence-corrected chi connectivity index (χ4v) is 1.64. The second kappa shape index (κ2) is 3.79. The van der Waals surface area contributed by atoms with Gasteiger partial charge in [-0.3, -0.25) is 4.79 Å². The van der Waals surface area contributed by atoms with Gasteiger partial charge < -0.3 is 15.1 Å². The quantitative estimate of drug-likeness (QED) is 0.727. The molecule has 1 amide bonds. The van der Waals surface area contributed by atoms with Crippen LogP contribution in [-0.4, -0.2) is 28.4 Å². The first-order chi connectivity index (χ1) is 6.77. The van der Waals surface area contributed by atoms with Crippen LogP contribution in [0.5, 0.6) is 0 Å². The van der Waals surface area contributed by atoms with Crippen LogP contribution in [0.25, 0.3) is 0 Å². The summed E-state index contributed by atoms with van der Waals surface area (Å²) in [5.74, 6) is 0.0132. The molecule has 1 aromatic heterocycles. The van der Waals surface area contributed by atoms with Crippen LogP contribution in [0.3, 0.4) is 0 Å². The molecule has 5 heteroatoms. The highest BCUT2D eigenvalue weighted by molar-refractivity contribution is 5.82. The minimum Gasteiger partial charge on any atom is -0.451 e. The van der Waals surface area contributed by atoms with Gasteiger partial charge in [0.1, 0.15) is 6.26 Å². The van der Waals surface area contributed by atoms with Gasteiger partial charge in [0.05, 0.1) is 18.3 Å². The lowest BCUT2D eigenvalue weighted by Gasteiger charge is -2.29. The smallest absolute Gasteiger partial charge is 0.239 e. The second-order valence-electron chi connectivity index (χ2n) is 3.49. The third-order valence-corrected chi connectivity index (χ3v) is 2.41. The first-order valence-corrected chi connectivity index (χ1v) is 4.69. The van der Waals surface area contributed by atoms with Crippen molar-refractivity contribution in [3.8, 4) is 0 Å². The number of nitrogens with zero attached hydrogens (tertiary/aromatic N) is 2. The van der Waals surface area contributed by atoms with Gasteiger partial charge in [-0.1, -0.05) is 0 Å². The molecule has 2 heterocycles. The number of nitrogens with two attached hydrogens (primary N) is 1. The van der Waals surface area contributed by atoms with Gasteiger partial charge in [0.2, 0.25) is 5.91 Å². The molecule has 1 aromatic rings. The molecule has 1 saturated heterocycles. The number of carbonyl (C=O) groups excluding carboxylic acids is 1. The minimum absolute atomic E-state index is 0.0132. The van der Waals surface area contributed by atoms with E-state index < -0.39 is 0 Å². The molecule has 0 spiro atoms. The standard InChI is InChI=1S/C9H13N3O2/c10-8-2-1-3-12(9(8)13)4-7-5-14-6-11-7/h5-6,8H,1-4,10H2. The molecular formula is C9H13N3O2. The summed E-state index contributed by atoms with van der Waals surface area (Å²) in [6.45, 7) is 1.27. The zero-order chi connectivity index (χ0) is 9.97. The normalized spacial score (nSPS) is 22.8. The summed E-state index contributed by atoms with van der Waals surface area (Å²) in [4.78, 5) is 17.3. The summed E-state index contributed by atoms with van der Waals surface area (Å²) < 4.78 is 4.84. The summed E-state index contributed by atoms with van der Waals surface area (Å²) in [7, 11) is 0. The molecule has 76 valence electrons. The maximum atomic E-state index is 11.6. The third kappa shape index (κ3) is 1.77. The Balaban J connectivity index is 2.00.